The smallest absolute Gasteiger partial charge is 0.232 e. The molecule has 2 aliphatic carbocycles. The number of aromatic amines is 1. The van der Waals surface area contributed by atoms with E-state index in [9.17, 15) is 0 Å². The van der Waals surface area contributed by atoms with Gasteiger partial charge in [-0.2, -0.15) is 15.1 Å². The fourth-order valence-electron chi connectivity index (χ4n) is 2.76. The molecule has 0 bridgehead atoms. The van der Waals surface area contributed by atoms with Crippen molar-refractivity contribution < 1.29 is 0 Å². The third-order valence-corrected chi connectivity index (χ3v) is 5.39. The lowest BCUT2D eigenvalue weighted by molar-refractivity contribution is 0.814. The van der Waals surface area contributed by atoms with Crippen molar-refractivity contribution >= 4 is 29.2 Å². The van der Waals surface area contributed by atoms with Gasteiger partial charge in [0, 0.05) is 34.2 Å². The van der Waals surface area contributed by atoms with Crippen LogP contribution in [0.25, 0.3) is 0 Å². The van der Waals surface area contributed by atoms with Gasteiger partial charge < -0.3 is 11.1 Å². The van der Waals surface area contributed by atoms with Crippen molar-refractivity contribution in [3.05, 3.63) is 41.9 Å². The van der Waals surface area contributed by atoms with Crippen molar-refractivity contribution in [1.82, 2.24) is 25.1 Å². The van der Waals surface area contributed by atoms with Gasteiger partial charge in [-0.15, -0.1) is 0 Å². The van der Waals surface area contributed by atoms with Crippen LogP contribution >= 0.6 is 11.8 Å². The number of rotatable bonds is 6. The van der Waals surface area contributed by atoms with Crippen LogP contribution in [0.3, 0.4) is 0 Å². The molecule has 2 fully saturated rings. The van der Waals surface area contributed by atoms with Crippen molar-refractivity contribution in [2.24, 2.45) is 0 Å². The Morgan fingerprint density at radius 3 is 2.50 bits per heavy atom. The predicted molar refractivity (Wildman–Crippen MR) is 101 cm³/mol. The van der Waals surface area contributed by atoms with Crippen LogP contribution in [0.15, 0.2) is 40.4 Å². The summed E-state index contributed by atoms with van der Waals surface area (Å²) >= 11 is 1.51. The van der Waals surface area contributed by atoms with Gasteiger partial charge in [0.25, 0.3) is 0 Å². The maximum Gasteiger partial charge on any atom is 0.232 e. The zero-order chi connectivity index (χ0) is 17.5. The molecular formula is C18H19N7S. The molecule has 0 radical (unpaired) electrons. The molecule has 5 rings (SSSR count). The molecule has 0 saturated heterocycles. The Morgan fingerprint density at radius 2 is 1.77 bits per heavy atom. The van der Waals surface area contributed by atoms with Crippen LogP contribution in [0.2, 0.25) is 0 Å². The van der Waals surface area contributed by atoms with E-state index in [1.807, 2.05) is 30.3 Å². The van der Waals surface area contributed by atoms with E-state index in [1.54, 1.807) is 0 Å². The number of benzene rings is 1. The van der Waals surface area contributed by atoms with Gasteiger partial charge in [-0.25, -0.2) is 4.98 Å². The number of aromatic nitrogens is 5. The molecule has 7 nitrogen and oxygen atoms in total. The number of anilines is 3. The SMILES string of the molecule is Nc1ccc(Sc2nc(Nc3cc(C4CC4)[nH]n3)nc(C3CC3)n2)cc1. The van der Waals surface area contributed by atoms with Crippen LogP contribution in [0.4, 0.5) is 17.5 Å². The van der Waals surface area contributed by atoms with E-state index in [-0.39, 0.29) is 0 Å². The number of H-pyrrole nitrogens is 1. The quantitative estimate of drug-likeness (QED) is 0.570. The normalized spacial score (nSPS) is 16.6. The monoisotopic (exact) mass is 365 g/mol. The zero-order valence-corrected chi connectivity index (χ0v) is 15.0. The lowest BCUT2D eigenvalue weighted by Crippen LogP contribution is -2.04. The Balaban J connectivity index is 1.40. The van der Waals surface area contributed by atoms with Gasteiger partial charge in [-0.3, -0.25) is 5.10 Å². The largest absolute Gasteiger partial charge is 0.399 e. The lowest BCUT2D eigenvalue weighted by atomic mass is 10.3. The van der Waals surface area contributed by atoms with E-state index >= 15 is 0 Å². The minimum Gasteiger partial charge on any atom is -0.399 e. The molecule has 132 valence electrons. The minimum atomic E-state index is 0.450. The van der Waals surface area contributed by atoms with E-state index < -0.39 is 0 Å². The number of nitrogens with one attached hydrogen (secondary N) is 2. The standard InChI is InChI=1S/C18H19N7S/c19-12-5-7-13(8-6-12)26-18-22-16(11-3-4-11)21-17(23-18)20-15-9-14(24-25-15)10-1-2-10/h5-11H,1-4,19H2,(H2,20,21,22,23,24,25). The van der Waals surface area contributed by atoms with E-state index in [0.29, 0.717) is 22.9 Å². The maximum absolute atomic E-state index is 5.76. The highest BCUT2D eigenvalue weighted by atomic mass is 32.2. The highest BCUT2D eigenvalue weighted by molar-refractivity contribution is 7.99. The van der Waals surface area contributed by atoms with E-state index in [0.717, 1.165) is 35.1 Å². The molecule has 8 heteroatoms. The Hall–Kier alpha value is -2.61. The van der Waals surface area contributed by atoms with E-state index in [2.05, 4.69) is 30.5 Å². The summed E-state index contributed by atoms with van der Waals surface area (Å²) in [5.74, 6) is 3.25. The summed E-state index contributed by atoms with van der Waals surface area (Å²) in [6.45, 7) is 0. The topological polar surface area (TPSA) is 105 Å². The summed E-state index contributed by atoms with van der Waals surface area (Å²) in [4.78, 5) is 14.9. The highest BCUT2D eigenvalue weighted by Crippen LogP contribution is 2.40. The van der Waals surface area contributed by atoms with Gasteiger partial charge in [0.1, 0.15) is 5.82 Å². The number of nitrogens with zero attached hydrogens (tertiary/aromatic N) is 4. The predicted octanol–water partition coefficient (Wildman–Crippen LogP) is 3.83. The molecule has 2 aliphatic rings. The van der Waals surface area contributed by atoms with Crippen molar-refractivity contribution in [2.45, 2.75) is 47.6 Å². The van der Waals surface area contributed by atoms with Crippen molar-refractivity contribution in [2.75, 3.05) is 11.1 Å². The fourth-order valence-corrected chi connectivity index (χ4v) is 3.51. The second-order valence-electron chi connectivity index (χ2n) is 6.85. The third kappa shape index (κ3) is 3.50. The third-order valence-electron chi connectivity index (χ3n) is 4.52. The Morgan fingerprint density at radius 1 is 1.00 bits per heavy atom. The molecule has 0 spiro atoms. The van der Waals surface area contributed by atoms with Gasteiger partial charge in [0.05, 0.1) is 0 Å². The summed E-state index contributed by atoms with van der Waals surface area (Å²) in [6.07, 6.45) is 4.76. The fraction of sp³-hybridized carbons (Fsp3) is 0.333. The Bertz CT molecular complexity index is 929. The molecular weight excluding hydrogens is 346 g/mol. The second kappa shape index (κ2) is 6.28. The molecule has 0 aliphatic heterocycles. The number of hydrogen-bond acceptors (Lipinski definition) is 7. The minimum absolute atomic E-state index is 0.450. The molecule has 2 aromatic heterocycles. The molecule has 0 atom stereocenters. The Kier molecular flexibility index (Phi) is 3.77. The first-order valence-electron chi connectivity index (χ1n) is 8.84. The number of nitrogens with two attached hydrogens (primary N) is 1. The number of nitrogen functional groups attached to an aromatic ring is 1. The number of hydrogen-bond donors (Lipinski definition) is 3. The van der Waals surface area contributed by atoms with E-state index in [1.165, 1.54) is 30.3 Å². The van der Waals surface area contributed by atoms with Crippen molar-refractivity contribution in [3.63, 3.8) is 0 Å². The molecule has 0 amide bonds. The van der Waals surface area contributed by atoms with Crippen LogP contribution in [-0.4, -0.2) is 25.1 Å². The van der Waals surface area contributed by atoms with Gasteiger partial charge in [0.15, 0.2) is 11.0 Å². The summed E-state index contributed by atoms with van der Waals surface area (Å²) in [6, 6.07) is 9.76. The van der Waals surface area contributed by atoms with Gasteiger partial charge in [-0.1, -0.05) is 0 Å². The summed E-state index contributed by atoms with van der Waals surface area (Å²) < 4.78 is 0. The first-order chi connectivity index (χ1) is 12.7. The molecule has 2 saturated carbocycles. The van der Waals surface area contributed by atoms with Crippen LogP contribution in [0, 0.1) is 0 Å². The van der Waals surface area contributed by atoms with Crippen LogP contribution < -0.4 is 11.1 Å². The maximum atomic E-state index is 5.76. The van der Waals surface area contributed by atoms with Crippen LogP contribution in [0.1, 0.15) is 49.0 Å². The molecule has 2 heterocycles. The van der Waals surface area contributed by atoms with Crippen molar-refractivity contribution in [1.29, 1.82) is 0 Å². The average Bonchev–Trinajstić information content (AvgIpc) is 3.55. The molecule has 0 unspecified atom stereocenters. The first kappa shape index (κ1) is 15.6. The molecule has 3 aromatic rings. The summed E-state index contributed by atoms with van der Waals surface area (Å²) in [5.41, 5.74) is 7.69. The second-order valence-corrected chi connectivity index (χ2v) is 7.89. The lowest BCUT2D eigenvalue weighted by Gasteiger charge is -2.07. The van der Waals surface area contributed by atoms with Gasteiger partial charge >= 0.3 is 0 Å². The molecule has 1 aromatic carbocycles. The Labute approximate surface area is 155 Å². The van der Waals surface area contributed by atoms with Crippen molar-refractivity contribution in [3.8, 4) is 0 Å². The average molecular weight is 365 g/mol. The molecule has 26 heavy (non-hydrogen) atoms. The van der Waals surface area contributed by atoms with Crippen LogP contribution in [-0.2, 0) is 0 Å². The summed E-state index contributed by atoms with van der Waals surface area (Å²) in [7, 11) is 0. The highest BCUT2D eigenvalue weighted by Gasteiger charge is 2.28. The zero-order valence-electron chi connectivity index (χ0n) is 14.1. The summed E-state index contributed by atoms with van der Waals surface area (Å²) in [5, 5.41) is 11.3. The van der Waals surface area contributed by atoms with Crippen LogP contribution in [0.5, 0.6) is 0 Å². The van der Waals surface area contributed by atoms with E-state index in [4.69, 9.17) is 5.73 Å². The van der Waals surface area contributed by atoms with Gasteiger partial charge in [0.2, 0.25) is 5.95 Å². The molecule has 4 N–H and O–H groups in total. The van der Waals surface area contributed by atoms with Gasteiger partial charge in [-0.05, 0) is 61.7 Å². The first-order valence-corrected chi connectivity index (χ1v) is 9.66.